The predicted octanol–water partition coefficient (Wildman–Crippen LogP) is 15.5. The van der Waals surface area contributed by atoms with Crippen molar-refractivity contribution in [3.8, 4) is 0 Å². The van der Waals surface area contributed by atoms with Crippen molar-refractivity contribution in [2.45, 2.75) is 197 Å². The standard InChI is InChI=1S/C40H80I2/c1-33(15-9-17-35(3)21-13-25-39(7)29-31-41)19-11-23-37(5)27-28-38(6)24-12-20-34(2)16-10-18-36(4)22-14-26-40(8)30-32-42/h33-40H,9-32H2,1-8H3. The van der Waals surface area contributed by atoms with Crippen LogP contribution < -0.4 is 0 Å². The second kappa shape index (κ2) is 29.8. The first kappa shape index (κ1) is 43.5. The average molecular weight is 815 g/mol. The molecule has 0 spiro atoms. The molecule has 0 aromatic heterocycles. The van der Waals surface area contributed by atoms with Gasteiger partial charge in [0, 0.05) is 0 Å². The fourth-order valence-corrected chi connectivity index (χ4v) is 9.11. The van der Waals surface area contributed by atoms with Gasteiger partial charge in [0.2, 0.25) is 0 Å². The highest BCUT2D eigenvalue weighted by Gasteiger charge is 2.12. The van der Waals surface area contributed by atoms with Crippen molar-refractivity contribution in [3.63, 3.8) is 0 Å². The minimum atomic E-state index is 0.921. The van der Waals surface area contributed by atoms with Crippen LogP contribution in [0.4, 0.5) is 0 Å². The Bertz CT molecular complexity index is 500. The maximum Gasteiger partial charge on any atom is -0.000219 e. The first-order valence-electron chi connectivity index (χ1n) is 19.2. The van der Waals surface area contributed by atoms with E-state index < -0.39 is 0 Å². The molecule has 0 fully saturated rings. The summed E-state index contributed by atoms with van der Waals surface area (Å²) in [5, 5.41) is 0. The van der Waals surface area contributed by atoms with Crippen molar-refractivity contribution in [1.29, 1.82) is 0 Å². The van der Waals surface area contributed by atoms with Crippen LogP contribution in [0, 0.1) is 47.3 Å². The normalized spacial score (nSPS) is 17.9. The third-order valence-corrected chi connectivity index (χ3v) is 12.0. The molecule has 254 valence electrons. The van der Waals surface area contributed by atoms with Crippen LogP contribution in [0.5, 0.6) is 0 Å². The van der Waals surface area contributed by atoms with Crippen molar-refractivity contribution >= 4 is 45.2 Å². The van der Waals surface area contributed by atoms with E-state index in [4.69, 9.17) is 0 Å². The van der Waals surface area contributed by atoms with E-state index in [0.29, 0.717) is 0 Å². The van der Waals surface area contributed by atoms with Gasteiger partial charge in [-0.15, -0.1) is 0 Å². The summed E-state index contributed by atoms with van der Waals surface area (Å²) in [5.41, 5.74) is 0. The second-order valence-electron chi connectivity index (χ2n) is 16.0. The number of halogens is 2. The molecule has 0 amide bonds. The summed E-state index contributed by atoms with van der Waals surface area (Å²) in [7, 11) is 0. The maximum atomic E-state index is 2.53. The summed E-state index contributed by atoms with van der Waals surface area (Å²) in [6, 6.07) is 0. The third-order valence-electron chi connectivity index (χ3n) is 10.7. The fourth-order valence-electron chi connectivity index (χ4n) is 6.98. The monoisotopic (exact) mass is 814 g/mol. The van der Waals surface area contributed by atoms with Gasteiger partial charge < -0.3 is 0 Å². The summed E-state index contributed by atoms with van der Waals surface area (Å²) in [6.45, 7) is 19.9. The Balaban J connectivity index is 3.71. The van der Waals surface area contributed by atoms with Crippen LogP contribution in [0.2, 0.25) is 0 Å². The topological polar surface area (TPSA) is 0 Å². The molecular formula is C40H80I2. The zero-order chi connectivity index (χ0) is 31.6. The van der Waals surface area contributed by atoms with Crippen LogP contribution in [0.3, 0.4) is 0 Å². The van der Waals surface area contributed by atoms with Gasteiger partial charge in [0.25, 0.3) is 0 Å². The van der Waals surface area contributed by atoms with Crippen LogP contribution >= 0.6 is 45.2 Å². The third kappa shape index (κ3) is 28.9. The Kier molecular flexibility index (Phi) is 30.9. The average Bonchev–Trinajstić information content (AvgIpc) is 2.92. The van der Waals surface area contributed by atoms with Gasteiger partial charge >= 0.3 is 0 Å². The Morgan fingerprint density at radius 3 is 0.548 bits per heavy atom. The maximum absolute atomic E-state index is 2.53. The Morgan fingerprint density at radius 2 is 0.381 bits per heavy atom. The van der Waals surface area contributed by atoms with E-state index in [1.165, 1.54) is 150 Å². The lowest BCUT2D eigenvalue weighted by Crippen LogP contribution is -2.04. The van der Waals surface area contributed by atoms with E-state index >= 15 is 0 Å². The van der Waals surface area contributed by atoms with Gasteiger partial charge in [-0.1, -0.05) is 229 Å². The lowest BCUT2D eigenvalue weighted by atomic mass is 9.88. The zero-order valence-corrected chi connectivity index (χ0v) is 34.7. The molecule has 0 aliphatic heterocycles. The van der Waals surface area contributed by atoms with Crippen LogP contribution in [-0.2, 0) is 0 Å². The van der Waals surface area contributed by atoms with E-state index in [9.17, 15) is 0 Å². The van der Waals surface area contributed by atoms with Crippen molar-refractivity contribution in [3.05, 3.63) is 0 Å². The number of hydrogen-bond acceptors (Lipinski definition) is 0. The molecule has 0 aromatic rings. The molecule has 2 heteroatoms. The Morgan fingerprint density at radius 1 is 0.238 bits per heavy atom. The Labute approximate surface area is 295 Å². The molecule has 8 unspecified atom stereocenters. The van der Waals surface area contributed by atoms with E-state index in [2.05, 4.69) is 101 Å². The summed E-state index contributed by atoms with van der Waals surface area (Å²) >= 11 is 5.05. The van der Waals surface area contributed by atoms with Crippen LogP contribution in [0.15, 0.2) is 0 Å². The molecule has 8 atom stereocenters. The van der Waals surface area contributed by atoms with Crippen LogP contribution in [-0.4, -0.2) is 8.86 Å². The molecule has 0 nitrogen and oxygen atoms in total. The van der Waals surface area contributed by atoms with Crippen molar-refractivity contribution in [2.24, 2.45) is 47.3 Å². The molecule has 0 N–H and O–H groups in total. The SMILES string of the molecule is CC(CCI)CCCC(C)CCCC(C)CCCC(C)CCC(C)CCCC(C)CCCC(C)CCCC(C)CCI. The van der Waals surface area contributed by atoms with Crippen molar-refractivity contribution in [2.75, 3.05) is 8.86 Å². The predicted molar refractivity (Wildman–Crippen MR) is 213 cm³/mol. The van der Waals surface area contributed by atoms with E-state index in [1.54, 1.807) is 0 Å². The first-order valence-corrected chi connectivity index (χ1v) is 22.2. The zero-order valence-electron chi connectivity index (χ0n) is 30.3. The summed E-state index contributed by atoms with van der Waals surface area (Å²) in [5.74, 6) is 7.42. The lowest BCUT2D eigenvalue weighted by molar-refractivity contribution is 0.345. The van der Waals surface area contributed by atoms with E-state index in [-0.39, 0.29) is 0 Å². The summed E-state index contributed by atoms with van der Waals surface area (Å²) in [4.78, 5) is 0. The quantitative estimate of drug-likeness (QED) is 0.0483. The molecule has 0 aliphatic rings. The first-order chi connectivity index (χ1) is 20.1. The molecule has 0 aliphatic carbocycles. The molecule has 0 radical (unpaired) electrons. The number of hydrogen-bond donors (Lipinski definition) is 0. The van der Waals surface area contributed by atoms with Crippen LogP contribution in [0.25, 0.3) is 0 Å². The molecule has 0 rings (SSSR count). The van der Waals surface area contributed by atoms with Gasteiger partial charge in [0.15, 0.2) is 0 Å². The highest BCUT2D eigenvalue weighted by atomic mass is 127. The molecule has 42 heavy (non-hydrogen) atoms. The van der Waals surface area contributed by atoms with Gasteiger partial charge in [-0.2, -0.15) is 0 Å². The fraction of sp³-hybridized carbons (Fsp3) is 1.00. The largest absolute Gasteiger partial charge is 0.0864 e. The highest BCUT2D eigenvalue weighted by molar-refractivity contribution is 14.1. The molecule has 0 aromatic carbocycles. The van der Waals surface area contributed by atoms with Gasteiger partial charge in [-0.25, -0.2) is 0 Å². The number of alkyl halides is 2. The smallest absolute Gasteiger partial charge is 0.000219 e. The summed E-state index contributed by atoms with van der Waals surface area (Å²) in [6.07, 6.45) is 31.8. The lowest BCUT2D eigenvalue weighted by Gasteiger charge is -2.18. The molecular weight excluding hydrogens is 734 g/mol. The van der Waals surface area contributed by atoms with Gasteiger partial charge in [0.05, 0.1) is 0 Å². The minimum absolute atomic E-state index is 0.921. The molecule has 0 heterocycles. The second-order valence-corrected chi connectivity index (χ2v) is 18.1. The van der Waals surface area contributed by atoms with Crippen LogP contribution in [0.1, 0.15) is 197 Å². The van der Waals surface area contributed by atoms with Gasteiger partial charge in [-0.05, 0) is 69.0 Å². The Hall–Kier alpha value is 1.46. The van der Waals surface area contributed by atoms with E-state index in [0.717, 1.165) is 47.3 Å². The molecule has 0 saturated heterocycles. The molecule has 0 bridgehead atoms. The van der Waals surface area contributed by atoms with E-state index in [1.807, 2.05) is 0 Å². The van der Waals surface area contributed by atoms with Crippen molar-refractivity contribution < 1.29 is 0 Å². The van der Waals surface area contributed by atoms with Gasteiger partial charge in [-0.3, -0.25) is 0 Å². The summed E-state index contributed by atoms with van der Waals surface area (Å²) < 4.78 is 2.64. The molecule has 0 saturated carbocycles. The number of rotatable bonds is 31. The minimum Gasteiger partial charge on any atom is -0.0864 e. The highest BCUT2D eigenvalue weighted by Crippen LogP contribution is 2.27. The van der Waals surface area contributed by atoms with Gasteiger partial charge in [0.1, 0.15) is 0 Å². The van der Waals surface area contributed by atoms with Crippen molar-refractivity contribution in [1.82, 2.24) is 0 Å².